The molecule has 3 heterocycles. The summed E-state index contributed by atoms with van der Waals surface area (Å²) < 4.78 is 43.7. The van der Waals surface area contributed by atoms with Crippen LogP contribution in [0.2, 0.25) is 5.02 Å². The molecule has 9 heteroatoms. The SMILES string of the molecule is Cc1nc(-c2ccc(C(F)(F)F)nc2)sc1COc1ccc(C2=NC2)c(Cl)c1. The highest BCUT2D eigenvalue weighted by molar-refractivity contribution is 7.15. The molecule has 0 saturated carbocycles. The quantitative estimate of drug-likeness (QED) is 0.539. The van der Waals surface area contributed by atoms with Gasteiger partial charge >= 0.3 is 6.18 Å². The van der Waals surface area contributed by atoms with Crippen molar-refractivity contribution in [1.82, 2.24) is 9.97 Å². The van der Waals surface area contributed by atoms with E-state index in [9.17, 15) is 13.2 Å². The zero-order valence-electron chi connectivity index (χ0n) is 14.5. The molecule has 28 heavy (non-hydrogen) atoms. The van der Waals surface area contributed by atoms with Gasteiger partial charge < -0.3 is 4.74 Å². The van der Waals surface area contributed by atoms with Crippen LogP contribution in [0.25, 0.3) is 10.6 Å². The summed E-state index contributed by atoms with van der Waals surface area (Å²) in [7, 11) is 0. The van der Waals surface area contributed by atoms with Crippen molar-refractivity contribution in [2.75, 3.05) is 6.54 Å². The summed E-state index contributed by atoms with van der Waals surface area (Å²) in [6, 6.07) is 7.78. The maximum Gasteiger partial charge on any atom is 0.433 e. The molecule has 0 atom stereocenters. The van der Waals surface area contributed by atoms with Gasteiger partial charge in [0.05, 0.1) is 27.9 Å². The van der Waals surface area contributed by atoms with E-state index in [2.05, 4.69) is 15.0 Å². The van der Waals surface area contributed by atoms with Crippen molar-refractivity contribution >= 4 is 28.6 Å². The van der Waals surface area contributed by atoms with Gasteiger partial charge in [-0.3, -0.25) is 9.98 Å². The Bertz CT molecular complexity index is 1060. The molecule has 1 aliphatic rings. The monoisotopic (exact) mass is 423 g/mol. The maximum absolute atomic E-state index is 12.6. The van der Waals surface area contributed by atoms with Crippen LogP contribution >= 0.6 is 22.9 Å². The number of halogens is 4. The van der Waals surface area contributed by atoms with Crippen molar-refractivity contribution in [3.8, 4) is 16.3 Å². The predicted molar refractivity (Wildman–Crippen MR) is 102 cm³/mol. The average molecular weight is 424 g/mol. The molecule has 2 aromatic heterocycles. The van der Waals surface area contributed by atoms with Crippen LogP contribution in [0.3, 0.4) is 0 Å². The molecule has 3 aromatic rings. The van der Waals surface area contributed by atoms with Crippen LogP contribution in [-0.4, -0.2) is 22.2 Å². The van der Waals surface area contributed by atoms with Gasteiger partial charge in [-0.05, 0) is 37.3 Å². The molecule has 4 nitrogen and oxygen atoms in total. The molecule has 0 aliphatic carbocycles. The minimum atomic E-state index is -4.46. The van der Waals surface area contributed by atoms with Gasteiger partial charge in [0.15, 0.2) is 0 Å². The molecule has 4 rings (SSSR count). The molecule has 0 amide bonds. The van der Waals surface area contributed by atoms with E-state index in [0.29, 0.717) is 21.3 Å². The zero-order chi connectivity index (χ0) is 19.9. The lowest BCUT2D eigenvalue weighted by atomic mass is 10.2. The normalized spacial score (nSPS) is 13.4. The second-order valence-corrected chi connectivity index (χ2v) is 7.64. The Morgan fingerprint density at radius 1 is 1.21 bits per heavy atom. The van der Waals surface area contributed by atoms with Gasteiger partial charge in [-0.25, -0.2) is 4.98 Å². The predicted octanol–water partition coefficient (Wildman–Crippen LogP) is 5.57. The molecule has 0 fully saturated rings. The number of aryl methyl sites for hydroxylation is 1. The molecule has 1 aliphatic heterocycles. The second kappa shape index (κ2) is 7.18. The number of aliphatic imine (C=N–C) groups is 1. The molecule has 0 bridgehead atoms. The Morgan fingerprint density at radius 3 is 2.61 bits per heavy atom. The van der Waals surface area contributed by atoms with Gasteiger partial charge in [0, 0.05) is 17.3 Å². The zero-order valence-corrected chi connectivity index (χ0v) is 16.1. The Kier molecular flexibility index (Phi) is 4.84. The fourth-order valence-corrected chi connectivity index (χ4v) is 3.80. The number of hydrogen-bond acceptors (Lipinski definition) is 5. The summed E-state index contributed by atoms with van der Waals surface area (Å²) >= 11 is 7.61. The second-order valence-electron chi connectivity index (χ2n) is 6.15. The summed E-state index contributed by atoms with van der Waals surface area (Å²) in [4.78, 5) is 12.9. The van der Waals surface area contributed by atoms with Crippen molar-refractivity contribution in [2.24, 2.45) is 4.99 Å². The number of alkyl halides is 3. The number of rotatable bonds is 5. The van der Waals surface area contributed by atoms with Gasteiger partial charge in [0.1, 0.15) is 23.1 Å². The van der Waals surface area contributed by atoms with Crippen LogP contribution in [0.15, 0.2) is 41.5 Å². The lowest BCUT2D eigenvalue weighted by Crippen LogP contribution is -2.07. The number of aromatic nitrogens is 2. The molecule has 0 unspecified atom stereocenters. The van der Waals surface area contributed by atoms with Crippen LogP contribution in [0.1, 0.15) is 21.8 Å². The van der Waals surface area contributed by atoms with E-state index in [1.54, 1.807) is 6.07 Å². The standard InChI is InChI=1S/C19H13ClF3N3OS/c1-10-16(9-27-12-3-4-13(14(20)6-12)15-8-24-15)28-18(26-10)11-2-5-17(25-7-11)19(21,22)23/h2-7H,8-9H2,1H3. The topological polar surface area (TPSA) is 47.4 Å². The van der Waals surface area contributed by atoms with E-state index in [1.807, 2.05) is 19.1 Å². The summed E-state index contributed by atoms with van der Waals surface area (Å²) in [6.45, 7) is 2.84. The number of benzene rings is 1. The lowest BCUT2D eigenvalue weighted by Gasteiger charge is -2.07. The van der Waals surface area contributed by atoms with Gasteiger partial charge in [-0.15, -0.1) is 11.3 Å². The fourth-order valence-electron chi connectivity index (χ4n) is 2.55. The summed E-state index contributed by atoms with van der Waals surface area (Å²) in [6.07, 6.45) is -3.27. The minimum Gasteiger partial charge on any atom is -0.488 e. The first-order valence-electron chi connectivity index (χ1n) is 8.27. The Hall–Kier alpha value is -2.45. The number of ether oxygens (including phenoxy) is 1. The van der Waals surface area contributed by atoms with Crippen LogP contribution in [0, 0.1) is 6.92 Å². The summed E-state index contributed by atoms with van der Waals surface area (Å²) in [5.74, 6) is 0.626. The first-order valence-corrected chi connectivity index (χ1v) is 9.46. The van der Waals surface area contributed by atoms with Crippen LogP contribution in [0.4, 0.5) is 13.2 Å². The van der Waals surface area contributed by atoms with Crippen molar-refractivity contribution < 1.29 is 17.9 Å². The van der Waals surface area contributed by atoms with E-state index >= 15 is 0 Å². The maximum atomic E-state index is 12.6. The average Bonchev–Trinajstić information content (AvgIpc) is 3.42. The third-order valence-electron chi connectivity index (χ3n) is 4.13. The van der Waals surface area contributed by atoms with Gasteiger partial charge in [-0.1, -0.05) is 11.6 Å². The number of thiazole rings is 1. The van der Waals surface area contributed by atoms with Crippen LogP contribution in [0.5, 0.6) is 5.75 Å². The number of nitrogens with zero attached hydrogens (tertiary/aromatic N) is 3. The third kappa shape index (κ3) is 4.02. The molecular formula is C19H13ClF3N3OS. The van der Waals surface area contributed by atoms with E-state index in [-0.39, 0.29) is 6.61 Å². The highest BCUT2D eigenvalue weighted by Gasteiger charge is 2.32. The van der Waals surface area contributed by atoms with Crippen LogP contribution in [-0.2, 0) is 12.8 Å². The molecule has 1 aromatic carbocycles. The van der Waals surface area contributed by atoms with E-state index in [1.165, 1.54) is 23.6 Å². The number of pyridine rings is 1. The smallest absolute Gasteiger partial charge is 0.433 e. The third-order valence-corrected chi connectivity index (χ3v) is 5.62. The molecule has 0 radical (unpaired) electrons. The van der Waals surface area contributed by atoms with E-state index in [4.69, 9.17) is 16.3 Å². The lowest BCUT2D eigenvalue weighted by molar-refractivity contribution is -0.141. The molecule has 144 valence electrons. The van der Waals surface area contributed by atoms with E-state index < -0.39 is 11.9 Å². The Labute approximate surface area is 167 Å². The molecular weight excluding hydrogens is 411 g/mol. The van der Waals surface area contributed by atoms with Crippen molar-refractivity contribution in [1.29, 1.82) is 0 Å². The van der Waals surface area contributed by atoms with Gasteiger partial charge in [-0.2, -0.15) is 13.2 Å². The highest BCUT2D eigenvalue weighted by Crippen LogP contribution is 2.32. The van der Waals surface area contributed by atoms with Crippen molar-refractivity contribution in [2.45, 2.75) is 19.7 Å². The Balaban J connectivity index is 1.47. The van der Waals surface area contributed by atoms with Crippen LogP contribution < -0.4 is 4.74 Å². The Morgan fingerprint density at radius 2 is 2.00 bits per heavy atom. The molecule has 0 N–H and O–H groups in total. The van der Waals surface area contributed by atoms with E-state index in [0.717, 1.165) is 34.5 Å². The first kappa shape index (κ1) is 18.9. The number of hydrogen-bond donors (Lipinski definition) is 0. The largest absolute Gasteiger partial charge is 0.488 e. The molecule has 0 spiro atoms. The van der Waals surface area contributed by atoms with Crippen molar-refractivity contribution in [3.63, 3.8) is 0 Å². The van der Waals surface area contributed by atoms with Gasteiger partial charge in [0.25, 0.3) is 0 Å². The summed E-state index contributed by atoms with van der Waals surface area (Å²) in [5, 5.41) is 1.18. The van der Waals surface area contributed by atoms with Crippen molar-refractivity contribution in [3.05, 3.63) is 63.4 Å². The minimum absolute atomic E-state index is 0.286. The fraction of sp³-hybridized carbons (Fsp3) is 0.211. The highest BCUT2D eigenvalue weighted by atomic mass is 35.5. The molecule has 0 saturated heterocycles. The summed E-state index contributed by atoms with van der Waals surface area (Å²) in [5.41, 5.74) is 2.27. The van der Waals surface area contributed by atoms with Gasteiger partial charge in [0.2, 0.25) is 0 Å². The first-order chi connectivity index (χ1) is 13.3.